The van der Waals surface area contributed by atoms with Crippen LogP contribution in [0.15, 0.2) is 24.5 Å². The van der Waals surface area contributed by atoms with Crippen LogP contribution in [0, 0.1) is 11.7 Å². The molecule has 1 fully saturated rings. The van der Waals surface area contributed by atoms with Gasteiger partial charge in [-0.1, -0.05) is 20.8 Å². The number of halogens is 1. The molecule has 2 aromatic rings. The molecule has 0 aromatic carbocycles. The topological polar surface area (TPSA) is 64.0 Å². The molecule has 3 rings (SSSR count). The molecule has 0 N–H and O–H groups in total. The molecule has 0 aliphatic carbocycles. The molecule has 0 spiro atoms. The molecule has 6 nitrogen and oxygen atoms in total. The van der Waals surface area contributed by atoms with E-state index < -0.39 is 5.82 Å². The highest BCUT2D eigenvalue weighted by Gasteiger charge is 2.22. The van der Waals surface area contributed by atoms with Crippen molar-refractivity contribution >= 4 is 5.95 Å². The zero-order chi connectivity index (χ0) is 17.9. The lowest BCUT2D eigenvalue weighted by molar-refractivity contribution is 0.213. The van der Waals surface area contributed by atoms with Gasteiger partial charge in [0.2, 0.25) is 11.8 Å². The fraction of sp³-hybridized carbons (Fsp3) is 0.556. The van der Waals surface area contributed by atoms with Crippen LogP contribution in [-0.4, -0.2) is 39.9 Å². The Morgan fingerprint density at radius 2 is 1.80 bits per heavy atom. The van der Waals surface area contributed by atoms with E-state index in [1.54, 1.807) is 0 Å². The van der Waals surface area contributed by atoms with Crippen LogP contribution in [0.5, 0.6) is 5.88 Å². The van der Waals surface area contributed by atoms with Crippen LogP contribution in [0.3, 0.4) is 0 Å². The van der Waals surface area contributed by atoms with Gasteiger partial charge in [-0.05, 0) is 24.8 Å². The number of ether oxygens (including phenoxy) is 1. The maximum atomic E-state index is 12.9. The molecule has 0 radical (unpaired) electrons. The normalized spacial score (nSPS) is 16.1. The van der Waals surface area contributed by atoms with E-state index in [2.05, 4.69) is 45.8 Å². The molecule has 1 saturated heterocycles. The van der Waals surface area contributed by atoms with Crippen LogP contribution in [0.2, 0.25) is 0 Å². The zero-order valence-corrected chi connectivity index (χ0v) is 14.9. The van der Waals surface area contributed by atoms with Crippen molar-refractivity contribution in [2.24, 2.45) is 5.92 Å². The van der Waals surface area contributed by atoms with Crippen LogP contribution in [0.4, 0.5) is 10.3 Å². The second-order valence-corrected chi connectivity index (χ2v) is 7.45. The molecule has 1 aliphatic rings. The molecular weight excluding hydrogens is 321 g/mol. The van der Waals surface area contributed by atoms with Gasteiger partial charge in [-0.2, -0.15) is 5.10 Å². The first-order valence-electron chi connectivity index (χ1n) is 8.61. The van der Waals surface area contributed by atoms with E-state index in [9.17, 15) is 4.39 Å². The molecule has 1 aliphatic heterocycles. The Hall–Kier alpha value is -2.31. The molecule has 0 unspecified atom stereocenters. The molecule has 7 heteroatoms. The van der Waals surface area contributed by atoms with Gasteiger partial charge in [-0.15, -0.1) is 5.10 Å². The van der Waals surface area contributed by atoms with Crippen molar-refractivity contribution in [3.05, 3.63) is 36.0 Å². The van der Waals surface area contributed by atoms with Crippen molar-refractivity contribution in [1.82, 2.24) is 20.2 Å². The first kappa shape index (κ1) is 17.5. The van der Waals surface area contributed by atoms with Crippen molar-refractivity contribution in [3.63, 3.8) is 0 Å². The van der Waals surface area contributed by atoms with E-state index in [1.165, 1.54) is 12.4 Å². The summed E-state index contributed by atoms with van der Waals surface area (Å²) in [4.78, 5) is 10.2. The summed E-state index contributed by atoms with van der Waals surface area (Å²) >= 11 is 0. The van der Waals surface area contributed by atoms with E-state index in [0.29, 0.717) is 24.4 Å². The second kappa shape index (κ2) is 7.29. The van der Waals surface area contributed by atoms with E-state index in [4.69, 9.17) is 4.74 Å². The van der Waals surface area contributed by atoms with Crippen molar-refractivity contribution in [3.8, 4) is 5.88 Å². The number of hydrogen-bond acceptors (Lipinski definition) is 6. The van der Waals surface area contributed by atoms with E-state index in [-0.39, 0.29) is 5.41 Å². The summed E-state index contributed by atoms with van der Waals surface area (Å²) in [5, 5.41) is 8.40. The highest BCUT2D eigenvalue weighted by molar-refractivity contribution is 5.29. The average molecular weight is 345 g/mol. The third-order valence-corrected chi connectivity index (χ3v) is 4.38. The molecule has 3 heterocycles. The van der Waals surface area contributed by atoms with E-state index in [1.807, 2.05) is 12.1 Å². The minimum absolute atomic E-state index is 0.0131. The molecule has 0 bridgehead atoms. The number of hydrogen-bond donors (Lipinski definition) is 0. The number of nitrogens with zero attached hydrogens (tertiary/aromatic N) is 5. The largest absolute Gasteiger partial charge is 0.476 e. The third-order valence-electron chi connectivity index (χ3n) is 4.38. The summed E-state index contributed by atoms with van der Waals surface area (Å²) in [6, 6.07) is 3.85. The summed E-state index contributed by atoms with van der Waals surface area (Å²) in [6.45, 7) is 8.63. The highest BCUT2D eigenvalue weighted by atomic mass is 19.1. The van der Waals surface area contributed by atoms with Crippen LogP contribution in [0.25, 0.3) is 0 Å². The standard InChI is InChI=1S/C18H24FN5O/c1-18(2,3)15-4-5-16(23-22-15)25-12-13-6-8-24(9-7-13)17-20-10-14(19)11-21-17/h4-5,10-11,13H,6-9,12H2,1-3H3. The maximum absolute atomic E-state index is 12.9. The van der Waals surface area contributed by atoms with Crippen LogP contribution in [0.1, 0.15) is 39.3 Å². The lowest BCUT2D eigenvalue weighted by Gasteiger charge is -2.31. The number of rotatable bonds is 4. The van der Waals surface area contributed by atoms with Gasteiger partial charge in [-0.25, -0.2) is 14.4 Å². The summed E-state index contributed by atoms with van der Waals surface area (Å²) < 4.78 is 18.7. The summed E-state index contributed by atoms with van der Waals surface area (Å²) in [6.07, 6.45) is 4.37. The minimum atomic E-state index is -0.411. The van der Waals surface area contributed by atoms with Crippen LogP contribution < -0.4 is 9.64 Å². The van der Waals surface area contributed by atoms with Gasteiger partial charge in [0.05, 0.1) is 24.7 Å². The van der Waals surface area contributed by atoms with Gasteiger partial charge in [-0.3, -0.25) is 0 Å². The number of piperidine rings is 1. The Labute approximate surface area is 147 Å². The molecule has 2 aromatic heterocycles. The van der Waals surface area contributed by atoms with E-state index in [0.717, 1.165) is 31.6 Å². The Morgan fingerprint density at radius 1 is 1.12 bits per heavy atom. The Kier molecular flexibility index (Phi) is 5.11. The molecule has 25 heavy (non-hydrogen) atoms. The second-order valence-electron chi connectivity index (χ2n) is 7.45. The van der Waals surface area contributed by atoms with Gasteiger partial charge >= 0.3 is 0 Å². The van der Waals surface area contributed by atoms with Gasteiger partial charge < -0.3 is 9.64 Å². The first-order chi connectivity index (χ1) is 11.9. The lowest BCUT2D eigenvalue weighted by Crippen LogP contribution is -2.36. The Bertz CT molecular complexity index is 676. The smallest absolute Gasteiger partial charge is 0.233 e. The van der Waals surface area contributed by atoms with Gasteiger partial charge in [0.1, 0.15) is 0 Å². The fourth-order valence-electron chi connectivity index (χ4n) is 2.77. The Balaban J connectivity index is 1.47. The van der Waals surface area contributed by atoms with Gasteiger partial charge in [0.15, 0.2) is 5.82 Å². The van der Waals surface area contributed by atoms with Gasteiger partial charge in [0, 0.05) is 24.6 Å². The SMILES string of the molecule is CC(C)(C)c1ccc(OCC2CCN(c3ncc(F)cn3)CC2)nn1. The fourth-order valence-corrected chi connectivity index (χ4v) is 2.77. The maximum Gasteiger partial charge on any atom is 0.233 e. The molecule has 134 valence electrons. The molecule has 0 amide bonds. The summed E-state index contributed by atoms with van der Waals surface area (Å²) in [5.41, 5.74) is 0.938. The monoisotopic (exact) mass is 345 g/mol. The molecule has 0 saturated carbocycles. The summed E-state index contributed by atoms with van der Waals surface area (Å²) in [7, 11) is 0. The van der Waals surface area contributed by atoms with Crippen LogP contribution in [-0.2, 0) is 5.41 Å². The van der Waals surface area contributed by atoms with Crippen molar-refractivity contribution < 1.29 is 9.13 Å². The van der Waals surface area contributed by atoms with Crippen LogP contribution >= 0.6 is 0 Å². The predicted molar refractivity (Wildman–Crippen MR) is 93.2 cm³/mol. The third kappa shape index (κ3) is 4.61. The number of anilines is 1. The number of aromatic nitrogens is 4. The average Bonchev–Trinajstić information content (AvgIpc) is 2.61. The predicted octanol–water partition coefficient (Wildman–Crippen LogP) is 3.00. The van der Waals surface area contributed by atoms with E-state index >= 15 is 0 Å². The van der Waals surface area contributed by atoms with Crippen molar-refractivity contribution in [2.45, 2.75) is 39.0 Å². The molecular formula is C18H24FN5O. The zero-order valence-electron chi connectivity index (χ0n) is 14.9. The first-order valence-corrected chi connectivity index (χ1v) is 8.61. The molecule has 0 atom stereocenters. The lowest BCUT2D eigenvalue weighted by atomic mass is 9.92. The quantitative estimate of drug-likeness (QED) is 0.849. The Morgan fingerprint density at radius 3 is 2.36 bits per heavy atom. The summed E-state index contributed by atoms with van der Waals surface area (Å²) in [5.74, 6) is 1.20. The van der Waals surface area contributed by atoms with Gasteiger partial charge in [0.25, 0.3) is 0 Å². The van der Waals surface area contributed by atoms with Crippen molar-refractivity contribution in [2.75, 3.05) is 24.6 Å². The van der Waals surface area contributed by atoms with Crippen molar-refractivity contribution in [1.29, 1.82) is 0 Å². The minimum Gasteiger partial charge on any atom is -0.476 e. The highest BCUT2D eigenvalue weighted by Crippen LogP contribution is 2.23.